The molecule has 0 aliphatic heterocycles. The molecule has 3 aromatic carbocycles. The summed E-state index contributed by atoms with van der Waals surface area (Å²) in [6, 6.07) is 20.1. The van der Waals surface area contributed by atoms with Crippen LogP contribution in [-0.2, 0) is 5.41 Å². The van der Waals surface area contributed by atoms with Crippen molar-refractivity contribution in [3.63, 3.8) is 0 Å². The first kappa shape index (κ1) is 13.8. The van der Waals surface area contributed by atoms with Crippen LogP contribution in [0.25, 0.3) is 31.3 Å². The predicted molar refractivity (Wildman–Crippen MR) is 105 cm³/mol. The average molecular weight is 379 g/mol. The maximum Gasteiger partial charge on any atom is 0.0358 e. The molecule has 0 nitrogen and oxygen atoms in total. The summed E-state index contributed by atoms with van der Waals surface area (Å²) in [6.45, 7) is 4.72. The largest absolute Gasteiger partial charge is 0.135 e. The summed E-state index contributed by atoms with van der Waals surface area (Å²) in [5, 5.41) is 2.81. The minimum atomic E-state index is 0.0434. The van der Waals surface area contributed by atoms with Gasteiger partial charge in [0.2, 0.25) is 0 Å². The molecule has 1 heterocycles. The van der Waals surface area contributed by atoms with E-state index in [0.29, 0.717) is 0 Å². The lowest BCUT2D eigenvalue weighted by Gasteiger charge is -2.22. The quantitative estimate of drug-likeness (QED) is 0.305. The molecule has 0 saturated carbocycles. The van der Waals surface area contributed by atoms with Gasteiger partial charge in [0.15, 0.2) is 0 Å². The summed E-state index contributed by atoms with van der Waals surface area (Å²) < 4.78 is 3.90. The number of rotatable bonds is 0. The number of hydrogen-bond acceptors (Lipinski definition) is 1. The van der Waals surface area contributed by atoms with Crippen LogP contribution in [-0.4, -0.2) is 0 Å². The molecule has 1 aromatic heterocycles. The second-order valence-corrected chi connectivity index (χ2v) is 8.77. The lowest BCUT2D eigenvalue weighted by atomic mass is 9.80. The molecule has 0 spiro atoms. The van der Waals surface area contributed by atoms with Crippen LogP contribution in [0.3, 0.4) is 0 Å². The molecule has 0 N–H and O–H groups in total. The molecule has 0 radical (unpaired) electrons. The van der Waals surface area contributed by atoms with E-state index in [-0.39, 0.29) is 5.41 Å². The predicted octanol–water partition coefficient (Wildman–Crippen LogP) is 7.12. The Hall–Kier alpha value is -1.64. The van der Waals surface area contributed by atoms with E-state index in [1.165, 1.54) is 42.4 Å². The van der Waals surface area contributed by atoms with Gasteiger partial charge in [-0.15, -0.1) is 11.3 Å². The van der Waals surface area contributed by atoms with Crippen molar-refractivity contribution in [2.45, 2.75) is 19.3 Å². The Morgan fingerprint density at radius 3 is 2.52 bits per heavy atom. The van der Waals surface area contributed by atoms with E-state index in [2.05, 4.69) is 84.4 Å². The Balaban J connectivity index is 2.02. The smallest absolute Gasteiger partial charge is 0.0358 e. The van der Waals surface area contributed by atoms with Crippen molar-refractivity contribution < 1.29 is 0 Å². The first-order chi connectivity index (χ1) is 11.1. The second kappa shape index (κ2) is 4.46. The molecule has 0 amide bonds. The Bertz CT molecular complexity index is 1100. The van der Waals surface area contributed by atoms with Crippen molar-refractivity contribution in [2.24, 2.45) is 0 Å². The van der Waals surface area contributed by atoms with E-state index >= 15 is 0 Å². The fraction of sp³-hybridized carbons (Fsp3) is 0.143. The van der Waals surface area contributed by atoms with E-state index in [0.717, 1.165) is 4.47 Å². The molecule has 23 heavy (non-hydrogen) atoms. The van der Waals surface area contributed by atoms with Crippen molar-refractivity contribution in [1.29, 1.82) is 0 Å². The van der Waals surface area contributed by atoms with Gasteiger partial charge in [0.1, 0.15) is 0 Å². The van der Waals surface area contributed by atoms with E-state index in [4.69, 9.17) is 0 Å². The Kier molecular flexibility index (Phi) is 2.67. The van der Waals surface area contributed by atoms with Crippen LogP contribution in [0.2, 0.25) is 0 Å². The van der Waals surface area contributed by atoms with Crippen LogP contribution in [0.1, 0.15) is 25.0 Å². The summed E-state index contributed by atoms with van der Waals surface area (Å²) in [6.07, 6.45) is 0. The van der Waals surface area contributed by atoms with E-state index in [1.54, 1.807) is 0 Å². The van der Waals surface area contributed by atoms with Crippen LogP contribution in [0.15, 0.2) is 59.1 Å². The Morgan fingerprint density at radius 2 is 1.65 bits per heavy atom. The van der Waals surface area contributed by atoms with Gasteiger partial charge in [-0.05, 0) is 46.5 Å². The van der Waals surface area contributed by atoms with E-state index in [9.17, 15) is 0 Å². The van der Waals surface area contributed by atoms with Gasteiger partial charge in [-0.25, -0.2) is 0 Å². The van der Waals surface area contributed by atoms with Gasteiger partial charge in [-0.2, -0.15) is 0 Å². The van der Waals surface area contributed by atoms with Crippen molar-refractivity contribution in [2.75, 3.05) is 0 Å². The summed E-state index contributed by atoms with van der Waals surface area (Å²) in [7, 11) is 0. The average Bonchev–Trinajstić information content (AvgIpc) is 3.01. The van der Waals surface area contributed by atoms with Crippen molar-refractivity contribution in [3.8, 4) is 11.1 Å². The molecule has 1 aliphatic rings. The monoisotopic (exact) mass is 378 g/mol. The molecule has 5 rings (SSSR count). The fourth-order valence-corrected chi connectivity index (χ4v) is 5.57. The zero-order valence-electron chi connectivity index (χ0n) is 13.0. The van der Waals surface area contributed by atoms with Gasteiger partial charge >= 0.3 is 0 Å². The number of fused-ring (bicyclic) bond motifs is 7. The number of thiophene rings is 1. The van der Waals surface area contributed by atoms with Crippen LogP contribution in [0.5, 0.6) is 0 Å². The highest BCUT2D eigenvalue weighted by Crippen LogP contribution is 2.53. The minimum absolute atomic E-state index is 0.0434. The van der Waals surface area contributed by atoms with Gasteiger partial charge in [0.25, 0.3) is 0 Å². The van der Waals surface area contributed by atoms with E-state index < -0.39 is 0 Å². The summed E-state index contributed by atoms with van der Waals surface area (Å²) in [5.74, 6) is 0. The van der Waals surface area contributed by atoms with Gasteiger partial charge in [0, 0.05) is 30.1 Å². The molecule has 4 aromatic rings. The summed E-state index contributed by atoms with van der Waals surface area (Å²) in [4.78, 5) is 0. The molecular weight excluding hydrogens is 364 g/mol. The zero-order valence-corrected chi connectivity index (χ0v) is 15.4. The van der Waals surface area contributed by atoms with Crippen LogP contribution >= 0.6 is 27.3 Å². The van der Waals surface area contributed by atoms with Crippen LogP contribution < -0.4 is 0 Å². The molecule has 0 unspecified atom stereocenters. The van der Waals surface area contributed by atoms with Gasteiger partial charge in [-0.1, -0.05) is 60.1 Å². The van der Waals surface area contributed by atoms with Gasteiger partial charge in [-0.3, -0.25) is 0 Å². The Morgan fingerprint density at radius 1 is 0.870 bits per heavy atom. The minimum Gasteiger partial charge on any atom is -0.135 e. The standard InChI is InChI=1S/C21H15BrS/c1-21(2)16-6-4-3-5-13(16)14-8-10-18-19(20(14)21)15-11-12(22)7-9-17(15)23-18/h3-11H,1-2H3. The first-order valence-electron chi connectivity index (χ1n) is 7.82. The molecular formula is C21H15BrS. The van der Waals surface area contributed by atoms with E-state index in [1.807, 2.05) is 11.3 Å². The third-order valence-corrected chi connectivity index (χ3v) is 6.74. The van der Waals surface area contributed by atoms with Crippen molar-refractivity contribution in [3.05, 3.63) is 70.2 Å². The SMILES string of the molecule is CC1(C)c2ccccc2-c2ccc3sc4ccc(Br)cc4c3c21. The van der Waals surface area contributed by atoms with Crippen LogP contribution in [0.4, 0.5) is 0 Å². The second-order valence-electron chi connectivity index (χ2n) is 6.77. The maximum atomic E-state index is 3.64. The lowest BCUT2D eigenvalue weighted by Crippen LogP contribution is -2.15. The third kappa shape index (κ3) is 1.71. The number of hydrogen-bond donors (Lipinski definition) is 0. The molecule has 0 bridgehead atoms. The lowest BCUT2D eigenvalue weighted by molar-refractivity contribution is 0.667. The number of benzene rings is 3. The Labute approximate surface area is 147 Å². The van der Waals surface area contributed by atoms with Gasteiger partial charge < -0.3 is 0 Å². The fourth-order valence-electron chi connectivity index (χ4n) is 4.11. The molecule has 0 fully saturated rings. The van der Waals surface area contributed by atoms with Crippen molar-refractivity contribution in [1.82, 2.24) is 0 Å². The zero-order chi connectivity index (χ0) is 15.8. The molecule has 112 valence electrons. The molecule has 0 atom stereocenters. The molecule has 2 heteroatoms. The molecule has 1 aliphatic carbocycles. The maximum absolute atomic E-state index is 3.64. The summed E-state index contributed by atoms with van der Waals surface area (Å²) >= 11 is 5.54. The molecule has 0 saturated heterocycles. The first-order valence-corrected chi connectivity index (χ1v) is 9.43. The van der Waals surface area contributed by atoms with Crippen LogP contribution in [0, 0.1) is 0 Å². The highest BCUT2D eigenvalue weighted by atomic mass is 79.9. The number of halogens is 1. The van der Waals surface area contributed by atoms with Crippen molar-refractivity contribution >= 4 is 47.4 Å². The topological polar surface area (TPSA) is 0 Å². The normalized spacial score (nSPS) is 15.1. The van der Waals surface area contributed by atoms with Gasteiger partial charge in [0.05, 0.1) is 0 Å². The highest BCUT2D eigenvalue weighted by Gasteiger charge is 2.37. The third-order valence-electron chi connectivity index (χ3n) is 5.11. The highest BCUT2D eigenvalue weighted by molar-refractivity contribution is 9.10. The summed E-state index contributed by atoms with van der Waals surface area (Å²) in [5.41, 5.74) is 5.76.